The molecule has 0 aliphatic rings. The minimum Gasteiger partial charge on any atom is -0.497 e. The summed E-state index contributed by atoms with van der Waals surface area (Å²) in [5.41, 5.74) is 2.64. The van der Waals surface area contributed by atoms with Crippen molar-refractivity contribution in [3.8, 4) is 16.9 Å². The monoisotopic (exact) mass is 268 g/mol. The largest absolute Gasteiger partial charge is 0.497 e. The van der Waals surface area contributed by atoms with Crippen molar-refractivity contribution in [1.82, 2.24) is 0 Å². The summed E-state index contributed by atoms with van der Waals surface area (Å²) >= 11 is 0. The zero-order chi connectivity index (χ0) is 14.5. The van der Waals surface area contributed by atoms with Crippen molar-refractivity contribution in [3.05, 3.63) is 54.1 Å². The minimum absolute atomic E-state index is 0.0398. The summed E-state index contributed by atoms with van der Waals surface area (Å²) in [6.07, 6.45) is -0.0398. The molecule has 2 aromatic carbocycles. The van der Waals surface area contributed by atoms with Crippen LogP contribution in [-0.4, -0.2) is 18.7 Å². The number of carbonyl (C=O) groups excluding carboxylic acids is 2. The van der Waals surface area contributed by atoms with E-state index in [0.717, 1.165) is 16.9 Å². The minimum atomic E-state index is -0.140. The molecular weight excluding hydrogens is 252 g/mol. The van der Waals surface area contributed by atoms with E-state index in [0.29, 0.717) is 5.56 Å². The average molecular weight is 268 g/mol. The quantitative estimate of drug-likeness (QED) is 0.615. The van der Waals surface area contributed by atoms with Crippen molar-refractivity contribution in [2.75, 3.05) is 7.11 Å². The Bertz CT molecular complexity index is 610. The smallest absolute Gasteiger partial charge is 0.170 e. The highest BCUT2D eigenvalue weighted by molar-refractivity contribution is 6.07. The number of ketones is 2. The van der Waals surface area contributed by atoms with E-state index in [1.165, 1.54) is 6.92 Å². The number of Topliss-reactive ketones (excluding diaryl/α,β-unsaturated/α-hetero) is 2. The number of hydrogen-bond acceptors (Lipinski definition) is 3. The van der Waals surface area contributed by atoms with Crippen LogP contribution < -0.4 is 4.74 Å². The van der Waals surface area contributed by atoms with Gasteiger partial charge in [0, 0.05) is 5.56 Å². The lowest BCUT2D eigenvalue weighted by Gasteiger charge is -2.05. The summed E-state index contributed by atoms with van der Waals surface area (Å²) in [6.45, 7) is 1.42. The molecular formula is C17H16O3. The number of rotatable bonds is 5. The Morgan fingerprint density at radius 2 is 1.40 bits per heavy atom. The molecule has 102 valence electrons. The molecule has 0 heterocycles. The first-order valence-corrected chi connectivity index (χ1v) is 6.37. The summed E-state index contributed by atoms with van der Waals surface area (Å²) in [5, 5.41) is 0. The predicted molar refractivity (Wildman–Crippen MR) is 78.1 cm³/mol. The maximum atomic E-state index is 11.7. The van der Waals surface area contributed by atoms with E-state index in [4.69, 9.17) is 4.74 Å². The Hall–Kier alpha value is -2.42. The fraction of sp³-hybridized carbons (Fsp3) is 0.176. The van der Waals surface area contributed by atoms with Gasteiger partial charge in [-0.15, -0.1) is 0 Å². The standard InChI is InChI=1S/C17H16O3/c1-12(18)11-17(19)15-5-3-13(4-6-15)14-7-9-16(20-2)10-8-14/h3-10H,11H2,1-2H3. The van der Waals surface area contributed by atoms with Gasteiger partial charge in [0.25, 0.3) is 0 Å². The second-order valence-corrected chi connectivity index (χ2v) is 4.61. The second kappa shape index (κ2) is 6.15. The fourth-order valence-corrected chi connectivity index (χ4v) is 1.96. The maximum absolute atomic E-state index is 11.7. The van der Waals surface area contributed by atoms with Crippen molar-refractivity contribution in [1.29, 1.82) is 0 Å². The molecule has 0 unspecified atom stereocenters. The van der Waals surface area contributed by atoms with E-state index in [1.54, 1.807) is 19.2 Å². The molecule has 20 heavy (non-hydrogen) atoms. The molecule has 0 fully saturated rings. The van der Waals surface area contributed by atoms with Gasteiger partial charge in [0.15, 0.2) is 5.78 Å². The van der Waals surface area contributed by atoms with E-state index in [2.05, 4.69) is 0 Å². The van der Waals surface area contributed by atoms with Gasteiger partial charge in [-0.3, -0.25) is 9.59 Å². The summed E-state index contributed by atoms with van der Waals surface area (Å²) in [4.78, 5) is 22.7. The lowest BCUT2D eigenvalue weighted by Crippen LogP contribution is -2.04. The number of methoxy groups -OCH3 is 1. The van der Waals surface area contributed by atoms with Gasteiger partial charge in [0.2, 0.25) is 0 Å². The molecule has 0 amide bonds. The molecule has 0 aliphatic heterocycles. The normalized spacial score (nSPS) is 10.1. The summed E-state index contributed by atoms with van der Waals surface area (Å²) in [7, 11) is 1.63. The summed E-state index contributed by atoms with van der Waals surface area (Å²) < 4.78 is 5.12. The van der Waals surface area contributed by atoms with Crippen LogP contribution in [0.25, 0.3) is 11.1 Å². The first-order valence-electron chi connectivity index (χ1n) is 6.37. The van der Waals surface area contributed by atoms with Gasteiger partial charge in [-0.1, -0.05) is 36.4 Å². The number of benzene rings is 2. The van der Waals surface area contributed by atoms with E-state index in [1.807, 2.05) is 36.4 Å². The topological polar surface area (TPSA) is 43.4 Å². The Kier molecular flexibility index (Phi) is 4.31. The molecule has 0 saturated carbocycles. The lowest BCUT2D eigenvalue weighted by atomic mass is 10.0. The van der Waals surface area contributed by atoms with Gasteiger partial charge in [-0.2, -0.15) is 0 Å². The molecule has 0 aromatic heterocycles. The van der Waals surface area contributed by atoms with Crippen molar-refractivity contribution >= 4 is 11.6 Å². The van der Waals surface area contributed by atoms with Gasteiger partial charge >= 0.3 is 0 Å². The third-order valence-corrected chi connectivity index (χ3v) is 3.04. The van der Waals surface area contributed by atoms with Crippen LogP contribution in [0, 0.1) is 0 Å². The molecule has 3 nitrogen and oxygen atoms in total. The molecule has 0 aliphatic carbocycles. The number of ether oxygens (including phenoxy) is 1. The van der Waals surface area contributed by atoms with Crippen molar-refractivity contribution in [2.45, 2.75) is 13.3 Å². The van der Waals surface area contributed by atoms with Gasteiger partial charge in [-0.25, -0.2) is 0 Å². The third kappa shape index (κ3) is 3.32. The molecule has 0 atom stereocenters. The van der Waals surface area contributed by atoms with Crippen LogP contribution in [-0.2, 0) is 4.79 Å². The second-order valence-electron chi connectivity index (χ2n) is 4.61. The van der Waals surface area contributed by atoms with Gasteiger partial charge in [0.1, 0.15) is 11.5 Å². The summed E-state index contributed by atoms with van der Waals surface area (Å²) in [5.74, 6) is 0.551. The Labute approximate surface area is 118 Å². The molecule has 0 bridgehead atoms. The van der Waals surface area contributed by atoms with Gasteiger partial charge in [-0.05, 0) is 30.2 Å². The number of carbonyl (C=O) groups is 2. The third-order valence-electron chi connectivity index (χ3n) is 3.04. The first kappa shape index (κ1) is 14.0. The molecule has 0 N–H and O–H groups in total. The molecule has 3 heteroatoms. The van der Waals surface area contributed by atoms with E-state index < -0.39 is 0 Å². The van der Waals surface area contributed by atoms with Crippen molar-refractivity contribution < 1.29 is 14.3 Å². The van der Waals surface area contributed by atoms with Crippen LogP contribution in [0.15, 0.2) is 48.5 Å². The highest BCUT2D eigenvalue weighted by Gasteiger charge is 2.08. The van der Waals surface area contributed by atoms with Crippen LogP contribution in [0.3, 0.4) is 0 Å². The zero-order valence-corrected chi connectivity index (χ0v) is 11.6. The fourth-order valence-electron chi connectivity index (χ4n) is 1.96. The molecule has 2 rings (SSSR count). The lowest BCUT2D eigenvalue weighted by molar-refractivity contribution is -0.116. The van der Waals surface area contributed by atoms with Crippen LogP contribution in [0.2, 0.25) is 0 Å². The van der Waals surface area contributed by atoms with Crippen LogP contribution in [0.4, 0.5) is 0 Å². The van der Waals surface area contributed by atoms with Gasteiger partial charge < -0.3 is 4.74 Å². The SMILES string of the molecule is COc1ccc(-c2ccc(C(=O)CC(C)=O)cc2)cc1. The van der Waals surface area contributed by atoms with E-state index in [9.17, 15) is 9.59 Å². The van der Waals surface area contributed by atoms with E-state index in [-0.39, 0.29) is 18.0 Å². The molecule has 0 spiro atoms. The van der Waals surface area contributed by atoms with E-state index >= 15 is 0 Å². The van der Waals surface area contributed by atoms with Crippen LogP contribution >= 0.6 is 0 Å². The van der Waals surface area contributed by atoms with Crippen LogP contribution in [0.5, 0.6) is 5.75 Å². The zero-order valence-electron chi connectivity index (χ0n) is 11.6. The Balaban J connectivity index is 2.18. The Morgan fingerprint density at radius 1 is 0.900 bits per heavy atom. The summed E-state index contributed by atoms with van der Waals surface area (Å²) in [6, 6.07) is 15.0. The average Bonchev–Trinajstić information content (AvgIpc) is 2.47. The highest BCUT2D eigenvalue weighted by atomic mass is 16.5. The highest BCUT2D eigenvalue weighted by Crippen LogP contribution is 2.23. The Morgan fingerprint density at radius 3 is 1.85 bits per heavy atom. The molecule has 0 radical (unpaired) electrons. The van der Waals surface area contributed by atoms with Crippen LogP contribution in [0.1, 0.15) is 23.7 Å². The number of hydrogen-bond donors (Lipinski definition) is 0. The maximum Gasteiger partial charge on any atom is 0.170 e. The van der Waals surface area contributed by atoms with Gasteiger partial charge in [0.05, 0.1) is 13.5 Å². The molecule has 0 saturated heterocycles. The predicted octanol–water partition coefficient (Wildman–Crippen LogP) is 3.52. The van der Waals surface area contributed by atoms with Crippen molar-refractivity contribution in [3.63, 3.8) is 0 Å². The first-order chi connectivity index (χ1) is 9.60. The van der Waals surface area contributed by atoms with Crippen molar-refractivity contribution in [2.24, 2.45) is 0 Å². The molecule has 2 aromatic rings.